The molecule has 0 radical (unpaired) electrons. The van der Waals surface area contributed by atoms with Gasteiger partial charge >= 0.3 is 0 Å². The van der Waals surface area contributed by atoms with E-state index in [-0.39, 0.29) is 11.6 Å². The number of amides is 1. The summed E-state index contributed by atoms with van der Waals surface area (Å²) in [6.07, 6.45) is 0. The number of hydrogen-bond acceptors (Lipinski definition) is 5. The Morgan fingerprint density at radius 3 is 2.52 bits per heavy atom. The highest BCUT2D eigenvalue weighted by Gasteiger charge is 2.27. The second-order valence-electron chi connectivity index (χ2n) is 5.10. The number of carbonyl (C=O) groups excluding carboxylic acids is 1. The molecule has 3 rings (SSSR count). The van der Waals surface area contributed by atoms with Gasteiger partial charge in [-0.15, -0.1) is 0 Å². The van der Waals surface area contributed by atoms with Gasteiger partial charge in [0.05, 0.1) is 20.7 Å². The lowest BCUT2D eigenvalue weighted by atomic mass is 10.2. The molecule has 128 valence electrons. The predicted molar refractivity (Wildman–Crippen MR) is 100 cm³/mol. The fraction of sp³-hybridized carbons (Fsp3) is 0.125. The molecule has 9 heteroatoms. The van der Waals surface area contributed by atoms with Crippen LogP contribution in [0.3, 0.4) is 0 Å². The van der Waals surface area contributed by atoms with Crippen LogP contribution in [0.2, 0.25) is 10.0 Å². The van der Waals surface area contributed by atoms with Gasteiger partial charge < -0.3 is 0 Å². The van der Waals surface area contributed by atoms with Gasteiger partial charge in [0.2, 0.25) is 0 Å². The number of nitro benzene ring substituents is 1. The van der Waals surface area contributed by atoms with E-state index < -0.39 is 4.92 Å². The number of hydrogen-bond donors (Lipinski definition) is 0. The lowest BCUT2D eigenvalue weighted by Crippen LogP contribution is -2.31. The third-order valence-electron chi connectivity index (χ3n) is 3.48. The lowest BCUT2D eigenvalue weighted by Gasteiger charge is -2.16. The molecular formula is C16H11Cl2N3O3S. The Hall–Kier alpha value is -2.09. The van der Waals surface area contributed by atoms with Crippen molar-refractivity contribution in [2.75, 3.05) is 12.3 Å². The minimum atomic E-state index is -0.503. The molecule has 2 aromatic carbocycles. The summed E-state index contributed by atoms with van der Waals surface area (Å²) in [5.74, 6) is 0.470. The first kappa shape index (κ1) is 17.7. The number of non-ortho nitro benzene ring substituents is 1. The highest BCUT2D eigenvalue weighted by atomic mass is 35.5. The molecule has 6 nitrogen and oxygen atoms in total. The van der Waals surface area contributed by atoms with Crippen molar-refractivity contribution in [2.24, 2.45) is 4.99 Å². The maximum absolute atomic E-state index is 12.7. The number of amidine groups is 1. The number of thioether (sulfide) groups is 1. The Balaban J connectivity index is 1.85. The first-order valence-electron chi connectivity index (χ1n) is 7.18. The second kappa shape index (κ2) is 7.43. The zero-order valence-corrected chi connectivity index (χ0v) is 15.0. The van der Waals surface area contributed by atoms with Gasteiger partial charge in [0.15, 0.2) is 5.17 Å². The van der Waals surface area contributed by atoms with Crippen molar-refractivity contribution in [1.82, 2.24) is 4.90 Å². The molecule has 1 saturated heterocycles. The summed E-state index contributed by atoms with van der Waals surface area (Å²) in [6.45, 7) is 0.515. The van der Waals surface area contributed by atoms with E-state index in [2.05, 4.69) is 4.99 Å². The number of carbonyl (C=O) groups is 1. The molecule has 1 fully saturated rings. The number of nitro groups is 1. The zero-order chi connectivity index (χ0) is 18.0. The molecular weight excluding hydrogens is 385 g/mol. The number of benzene rings is 2. The van der Waals surface area contributed by atoms with Gasteiger partial charge in [-0.1, -0.05) is 35.0 Å². The largest absolute Gasteiger partial charge is 0.286 e. The van der Waals surface area contributed by atoms with Gasteiger partial charge in [-0.05, 0) is 30.3 Å². The molecule has 1 aliphatic rings. The summed E-state index contributed by atoms with van der Waals surface area (Å²) in [5, 5.41) is 12.1. The Bertz CT molecular complexity index is 871. The maximum Gasteiger partial charge on any atom is 0.269 e. The minimum absolute atomic E-state index is 0.0583. The van der Waals surface area contributed by atoms with Crippen LogP contribution in [0.15, 0.2) is 47.5 Å². The van der Waals surface area contributed by atoms with E-state index in [0.29, 0.717) is 33.0 Å². The molecule has 0 N–H and O–H groups in total. The van der Waals surface area contributed by atoms with Crippen LogP contribution in [-0.2, 0) is 0 Å². The average molecular weight is 396 g/mol. The van der Waals surface area contributed by atoms with Crippen LogP contribution >= 0.6 is 35.0 Å². The number of nitrogens with zero attached hydrogens (tertiary/aromatic N) is 3. The Kier molecular flexibility index (Phi) is 5.27. The molecule has 0 aliphatic carbocycles. The van der Waals surface area contributed by atoms with E-state index in [9.17, 15) is 14.9 Å². The van der Waals surface area contributed by atoms with Crippen molar-refractivity contribution >= 4 is 57.4 Å². The van der Waals surface area contributed by atoms with E-state index >= 15 is 0 Å². The summed E-state index contributed by atoms with van der Waals surface area (Å²) in [4.78, 5) is 28.9. The van der Waals surface area contributed by atoms with Crippen LogP contribution in [0.1, 0.15) is 10.4 Å². The van der Waals surface area contributed by atoms with E-state index in [1.54, 1.807) is 23.1 Å². The SMILES string of the molecule is O=C(c1ccc([N+](=O)[O-])cc1)N1CCSC1=Nc1ccc(Cl)c(Cl)c1. The monoisotopic (exact) mass is 395 g/mol. The molecule has 2 aromatic rings. The molecule has 0 bridgehead atoms. The summed E-state index contributed by atoms with van der Waals surface area (Å²) >= 11 is 13.3. The normalized spacial score (nSPS) is 15.6. The number of halogens is 2. The molecule has 0 unspecified atom stereocenters. The molecule has 0 spiro atoms. The molecule has 25 heavy (non-hydrogen) atoms. The third kappa shape index (κ3) is 3.95. The van der Waals surface area contributed by atoms with Crippen molar-refractivity contribution in [3.8, 4) is 0 Å². The first-order chi connectivity index (χ1) is 12.0. The van der Waals surface area contributed by atoms with Crippen molar-refractivity contribution in [1.29, 1.82) is 0 Å². The second-order valence-corrected chi connectivity index (χ2v) is 6.98. The number of rotatable bonds is 3. The van der Waals surface area contributed by atoms with Crippen molar-refractivity contribution in [2.45, 2.75) is 0 Å². The van der Waals surface area contributed by atoms with Crippen molar-refractivity contribution in [3.05, 3.63) is 68.2 Å². The van der Waals surface area contributed by atoms with E-state index in [1.165, 1.54) is 36.0 Å². The van der Waals surface area contributed by atoms with Crippen LogP contribution in [0, 0.1) is 10.1 Å². The summed E-state index contributed by atoms with van der Waals surface area (Å²) in [5.41, 5.74) is 0.910. The Labute approximate surface area is 157 Å². The van der Waals surface area contributed by atoms with Crippen LogP contribution in [0.5, 0.6) is 0 Å². The zero-order valence-electron chi connectivity index (χ0n) is 12.7. The van der Waals surface area contributed by atoms with Gasteiger partial charge in [0.25, 0.3) is 11.6 Å². The fourth-order valence-electron chi connectivity index (χ4n) is 2.23. The minimum Gasteiger partial charge on any atom is -0.286 e. The summed E-state index contributed by atoms with van der Waals surface area (Å²) in [7, 11) is 0. The topological polar surface area (TPSA) is 75.8 Å². The fourth-order valence-corrected chi connectivity index (χ4v) is 3.48. The first-order valence-corrected chi connectivity index (χ1v) is 8.93. The standard InChI is InChI=1S/C16H11Cl2N3O3S/c17-13-6-3-11(9-14(13)18)19-16-20(7-8-25-16)15(22)10-1-4-12(5-2-10)21(23)24/h1-6,9H,7-8H2. The molecule has 1 amide bonds. The van der Waals surface area contributed by atoms with Gasteiger partial charge in [-0.25, -0.2) is 4.99 Å². The highest BCUT2D eigenvalue weighted by Crippen LogP contribution is 2.29. The average Bonchev–Trinajstić information content (AvgIpc) is 3.05. The molecule has 0 aromatic heterocycles. The molecule has 0 saturated carbocycles. The van der Waals surface area contributed by atoms with Crippen LogP contribution < -0.4 is 0 Å². The van der Waals surface area contributed by atoms with E-state index in [4.69, 9.17) is 23.2 Å². The van der Waals surface area contributed by atoms with Crippen LogP contribution in [0.25, 0.3) is 0 Å². The lowest BCUT2D eigenvalue weighted by molar-refractivity contribution is -0.384. The van der Waals surface area contributed by atoms with Crippen molar-refractivity contribution < 1.29 is 9.72 Å². The van der Waals surface area contributed by atoms with Crippen LogP contribution in [-0.4, -0.2) is 33.2 Å². The highest BCUT2D eigenvalue weighted by molar-refractivity contribution is 8.14. The smallest absolute Gasteiger partial charge is 0.269 e. The molecule has 1 aliphatic heterocycles. The third-order valence-corrected chi connectivity index (χ3v) is 5.17. The maximum atomic E-state index is 12.7. The van der Waals surface area contributed by atoms with E-state index in [1.807, 2.05) is 0 Å². The molecule has 1 heterocycles. The van der Waals surface area contributed by atoms with E-state index in [0.717, 1.165) is 5.75 Å². The van der Waals surface area contributed by atoms with Gasteiger partial charge in [-0.3, -0.25) is 19.8 Å². The quantitative estimate of drug-likeness (QED) is 0.553. The molecule has 0 atom stereocenters. The number of aliphatic imine (C=N–C) groups is 1. The van der Waals surface area contributed by atoms with Crippen LogP contribution in [0.4, 0.5) is 11.4 Å². The Morgan fingerprint density at radius 2 is 1.88 bits per heavy atom. The van der Waals surface area contributed by atoms with Crippen molar-refractivity contribution in [3.63, 3.8) is 0 Å². The van der Waals surface area contributed by atoms with Gasteiger partial charge in [-0.2, -0.15) is 0 Å². The predicted octanol–water partition coefficient (Wildman–Crippen LogP) is 4.78. The Morgan fingerprint density at radius 1 is 1.16 bits per heavy atom. The van der Waals surface area contributed by atoms with Gasteiger partial charge in [0, 0.05) is 30.0 Å². The summed E-state index contributed by atoms with van der Waals surface area (Å²) < 4.78 is 0. The summed E-state index contributed by atoms with van der Waals surface area (Å²) in [6, 6.07) is 10.5. The van der Waals surface area contributed by atoms with Gasteiger partial charge in [0.1, 0.15) is 0 Å².